The van der Waals surface area contributed by atoms with Gasteiger partial charge in [0.1, 0.15) is 40.7 Å². The van der Waals surface area contributed by atoms with E-state index in [2.05, 4.69) is 0 Å². The lowest BCUT2D eigenvalue weighted by molar-refractivity contribution is -0.164. The Morgan fingerprint density at radius 3 is 1.35 bits per heavy atom. The maximum absolute atomic E-state index is 12.2. The lowest BCUT2D eigenvalue weighted by Crippen LogP contribution is -2.52. The van der Waals surface area contributed by atoms with Gasteiger partial charge in [-0.2, -0.15) is 0 Å². The molecule has 54 heavy (non-hydrogen) atoms. The molecule has 0 aromatic heterocycles. The average Bonchev–Trinajstić information content (AvgIpc) is 3.41. The summed E-state index contributed by atoms with van der Waals surface area (Å²) in [5.41, 5.74) is 10.6. The van der Waals surface area contributed by atoms with Gasteiger partial charge in [0.25, 0.3) is 0 Å². The maximum Gasteiger partial charge on any atom is 0.325 e. The van der Waals surface area contributed by atoms with E-state index in [-0.39, 0.29) is 53.8 Å². The fourth-order valence-electron chi connectivity index (χ4n) is 5.99. The minimum absolute atomic E-state index is 0.0317. The largest absolute Gasteiger partial charge is 0.459 e. The van der Waals surface area contributed by atoms with E-state index in [0.29, 0.717) is 19.4 Å². The summed E-state index contributed by atoms with van der Waals surface area (Å²) < 4.78 is 16.2. The first kappa shape index (κ1) is 53.4. The fourth-order valence-corrected chi connectivity index (χ4v) is 5.99. The molecule has 14 nitrogen and oxygen atoms in total. The molecule has 0 aliphatic carbocycles. The third-order valence-corrected chi connectivity index (χ3v) is 8.30. The number of nitrogens with zero attached hydrogens (tertiary/aromatic N) is 3. The quantitative estimate of drug-likeness (QED) is 0.185. The van der Waals surface area contributed by atoms with E-state index in [4.69, 9.17) is 35.9 Å². The number of carbonyl (C=O) groups is 4. The summed E-state index contributed by atoms with van der Waals surface area (Å²) in [6, 6.07) is -1.44. The van der Waals surface area contributed by atoms with Crippen molar-refractivity contribution in [2.24, 2.45) is 17.4 Å². The highest BCUT2D eigenvalue weighted by molar-refractivity contribution is 5.87. The molecule has 0 radical (unpaired) electrons. The first-order valence-corrected chi connectivity index (χ1v) is 18.8. The minimum atomic E-state index is -0.529. The topological polar surface area (TPSA) is 198 Å². The highest BCUT2D eigenvalue weighted by Gasteiger charge is 2.38. The molecular weight excluding hydrogens is 694 g/mol. The normalized spacial score (nSPS) is 25.4. The van der Waals surface area contributed by atoms with Crippen LogP contribution in [0.15, 0.2) is 24.3 Å². The van der Waals surface area contributed by atoms with Crippen LogP contribution in [0.4, 0.5) is 0 Å². The number of aliphatic hydroxyl groups excluding tert-OH is 2. The Morgan fingerprint density at radius 1 is 0.574 bits per heavy atom. The van der Waals surface area contributed by atoms with Crippen molar-refractivity contribution in [1.82, 2.24) is 14.7 Å². The zero-order valence-corrected chi connectivity index (χ0v) is 36.2. The summed E-state index contributed by atoms with van der Waals surface area (Å²) in [5.74, 6) is -1.02. The molecule has 1 saturated heterocycles. The van der Waals surface area contributed by atoms with Crippen molar-refractivity contribution in [3.8, 4) is 0 Å². The van der Waals surface area contributed by atoms with Crippen LogP contribution in [0.2, 0.25) is 0 Å². The highest BCUT2D eigenvalue weighted by atomic mass is 16.6. The molecule has 6 atom stereocenters. The fraction of sp³-hybridized carbons (Fsp3) is 0.800. The van der Waals surface area contributed by atoms with E-state index in [9.17, 15) is 19.2 Å². The van der Waals surface area contributed by atoms with Crippen molar-refractivity contribution in [2.45, 2.75) is 148 Å². The van der Waals surface area contributed by atoms with E-state index in [1.807, 2.05) is 122 Å². The number of likely N-dealkylation sites (tertiary alicyclic amines) is 1. The van der Waals surface area contributed by atoms with Crippen molar-refractivity contribution in [2.75, 3.05) is 55.0 Å². The molecule has 3 aliphatic rings. The van der Waals surface area contributed by atoms with Crippen molar-refractivity contribution in [3.63, 3.8) is 0 Å². The number of esters is 3. The van der Waals surface area contributed by atoms with Crippen molar-refractivity contribution >= 4 is 23.7 Å². The zero-order chi connectivity index (χ0) is 42.6. The summed E-state index contributed by atoms with van der Waals surface area (Å²) >= 11 is 0. The molecule has 3 aliphatic heterocycles. The SMILES string of the molecule is CC(=O)C1CC=CCN(C)C1C(=O)OC(C)(C)C.CN1CC=CCC(N)C1C(=O)OC(C)(C)C.CN1CCCCC(N)C1C(=O)OC(C)(C)C.CO.CO. The van der Waals surface area contributed by atoms with Gasteiger partial charge in [0, 0.05) is 45.3 Å². The van der Waals surface area contributed by atoms with Crippen LogP contribution in [0.25, 0.3) is 0 Å². The lowest BCUT2D eigenvalue weighted by Gasteiger charge is -2.31. The zero-order valence-electron chi connectivity index (χ0n) is 36.2. The van der Waals surface area contributed by atoms with Gasteiger partial charge in [0.15, 0.2) is 0 Å². The van der Waals surface area contributed by atoms with Gasteiger partial charge >= 0.3 is 17.9 Å². The average molecular weight is 772 g/mol. The predicted octanol–water partition coefficient (Wildman–Crippen LogP) is 3.07. The van der Waals surface area contributed by atoms with E-state index < -0.39 is 22.8 Å². The van der Waals surface area contributed by atoms with Crippen LogP contribution in [-0.2, 0) is 33.4 Å². The number of hydrogen-bond donors (Lipinski definition) is 4. The number of carbonyl (C=O) groups excluding carboxylic acids is 4. The molecule has 3 rings (SSSR count). The van der Waals surface area contributed by atoms with E-state index >= 15 is 0 Å². The standard InChI is InChI=1S/C14H23NO3.C12H24N2O2.C12H22N2O2.2CH4O/c1-10(16)11-8-6-7-9-15(5)12(11)13(17)18-14(2,3)4;2*1-12(2,3)16-11(15)10-9(13)7-5-6-8-14(10)4;2*1-2/h6-7,11-12H,8-9H2,1-5H3;9-10H,5-8,13H2,1-4H3;5-6,9-10H,7-8,13H2,1-4H3;2*2H,1H3. The first-order chi connectivity index (χ1) is 24.8. The molecule has 0 spiro atoms. The van der Waals surface area contributed by atoms with Gasteiger partial charge in [-0.3, -0.25) is 33.9 Å². The number of likely N-dealkylation sites (N-methyl/N-ethyl adjacent to an activating group) is 3. The molecule has 316 valence electrons. The Labute approximate surface area is 326 Å². The number of ether oxygens (including phenoxy) is 3. The summed E-state index contributed by atoms with van der Waals surface area (Å²) in [4.78, 5) is 53.8. The van der Waals surface area contributed by atoms with E-state index in [1.165, 1.54) is 6.92 Å². The smallest absolute Gasteiger partial charge is 0.325 e. The van der Waals surface area contributed by atoms with Crippen LogP contribution in [0.5, 0.6) is 0 Å². The van der Waals surface area contributed by atoms with Crippen LogP contribution >= 0.6 is 0 Å². The van der Waals surface area contributed by atoms with Crippen LogP contribution < -0.4 is 11.5 Å². The second kappa shape index (κ2) is 25.4. The summed E-state index contributed by atoms with van der Waals surface area (Å²) in [7, 11) is 7.68. The lowest BCUT2D eigenvalue weighted by atomic mass is 9.92. The number of allylic oxidation sites excluding steroid dienone is 1. The molecule has 3 heterocycles. The Bertz CT molecular complexity index is 1120. The van der Waals surface area contributed by atoms with Gasteiger partial charge in [-0.15, -0.1) is 0 Å². The van der Waals surface area contributed by atoms with Gasteiger partial charge in [0.2, 0.25) is 0 Å². The Morgan fingerprint density at radius 2 is 0.944 bits per heavy atom. The third kappa shape index (κ3) is 21.4. The highest BCUT2D eigenvalue weighted by Crippen LogP contribution is 2.23. The van der Waals surface area contributed by atoms with Crippen LogP contribution in [0.1, 0.15) is 101 Å². The number of hydrogen-bond acceptors (Lipinski definition) is 14. The minimum Gasteiger partial charge on any atom is -0.459 e. The van der Waals surface area contributed by atoms with Crippen molar-refractivity contribution in [3.05, 3.63) is 24.3 Å². The van der Waals surface area contributed by atoms with Gasteiger partial charge in [-0.05, 0) is 123 Å². The molecule has 0 aromatic rings. The summed E-state index contributed by atoms with van der Waals surface area (Å²) in [5, 5.41) is 14.0. The van der Waals surface area contributed by atoms with Gasteiger partial charge in [0.05, 0.1) is 0 Å². The van der Waals surface area contributed by atoms with Crippen LogP contribution in [0, 0.1) is 5.92 Å². The number of aliphatic hydroxyl groups is 2. The summed E-state index contributed by atoms with van der Waals surface area (Å²) in [6.07, 6.45) is 12.4. The second-order valence-electron chi connectivity index (χ2n) is 16.7. The van der Waals surface area contributed by atoms with Gasteiger partial charge < -0.3 is 35.9 Å². The molecule has 0 saturated carbocycles. The Kier molecular flexibility index (Phi) is 25.1. The molecular formula is C40H77N5O9. The number of ketones is 1. The Balaban J connectivity index is 0. The summed E-state index contributed by atoms with van der Waals surface area (Å²) in [6.45, 7) is 20.6. The third-order valence-electron chi connectivity index (χ3n) is 8.30. The van der Waals surface area contributed by atoms with E-state index in [1.54, 1.807) is 0 Å². The Hall–Kier alpha value is -2.72. The number of rotatable bonds is 4. The van der Waals surface area contributed by atoms with Gasteiger partial charge in [-0.1, -0.05) is 30.7 Å². The van der Waals surface area contributed by atoms with E-state index in [0.717, 1.165) is 46.6 Å². The molecule has 1 fully saturated rings. The molecule has 6 unspecified atom stereocenters. The molecule has 0 amide bonds. The molecule has 0 bridgehead atoms. The second-order valence-corrected chi connectivity index (χ2v) is 16.7. The first-order valence-electron chi connectivity index (χ1n) is 18.8. The molecule has 0 aromatic carbocycles. The van der Waals surface area contributed by atoms with Crippen LogP contribution in [0.3, 0.4) is 0 Å². The molecule has 14 heteroatoms. The number of Topliss-reactive ketones (excluding diaryl/α,β-unsaturated/α-hetero) is 1. The van der Waals surface area contributed by atoms with Crippen LogP contribution in [-0.4, -0.2) is 151 Å². The maximum atomic E-state index is 12.2. The van der Waals surface area contributed by atoms with Gasteiger partial charge in [-0.25, -0.2) is 0 Å². The number of nitrogens with two attached hydrogens (primary N) is 2. The monoisotopic (exact) mass is 772 g/mol. The predicted molar refractivity (Wildman–Crippen MR) is 215 cm³/mol. The molecule has 6 N–H and O–H groups in total. The van der Waals surface area contributed by atoms with Crippen molar-refractivity contribution < 1.29 is 43.6 Å². The van der Waals surface area contributed by atoms with Crippen molar-refractivity contribution in [1.29, 1.82) is 0 Å².